The van der Waals surface area contributed by atoms with Gasteiger partial charge in [-0.05, 0) is 0 Å². The Labute approximate surface area is 214 Å². The molecule has 12 nitrogen and oxygen atoms in total. The molecule has 0 spiro atoms. The molecule has 0 aromatic heterocycles. The van der Waals surface area contributed by atoms with Crippen LogP contribution < -0.4 is 0 Å². The second kappa shape index (κ2) is 24.8. The molecular formula is C24H46O12. The van der Waals surface area contributed by atoms with Crippen LogP contribution in [-0.4, -0.2) is 158 Å². The summed E-state index contributed by atoms with van der Waals surface area (Å²) < 4.78 is 68.1. The van der Waals surface area contributed by atoms with Crippen molar-refractivity contribution in [2.45, 2.75) is 12.2 Å². The summed E-state index contributed by atoms with van der Waals surface area (Å²) in [5.41, 5.74) is 0. The zero-order valence-electron chi connectivity index (χ0n) is 21.6. The fourth-order valence-electron chi connectivity index (χ4n) is 3.20. The maximum Gasteiger partial charge on any atom is 0.109 e. The Balaban J connectivity index is 1.86. The number of fused-ring (bicyclic) bond motifs is 1. The molecule has 0 amide bonds. The Hall–Kier alpha value is -0.480. The third-order valence-corrected chi connectivity index (χ3v) is 5.07. The van der Waals surface area contributed by atoms with E-state index in [2.05, 4.69) is 0 Å². The van der Waals surface area contributed by atoms with Crippen molar-refractivity contribution in [3.05, 3.63) is 0 Å². The van der Waals surface area contributed by atoms with Gasteiger partial charge in [0, 0.05) is 0 Å². The van der Waals surface area contributed by atoms with Gasteiger partial charge in [0.05, 0.1) is 145 Å². The number of hydrogen-bond acceptors (Lipinski definition) is 12. The van der Waals surface area contributed by atoms with Crippen LogP contribution in [0, 0.1) is 0 Å². The maximum absolute atomic E-state index is 6.10. The third-order valence-electron chi connectivity index (χ3n) is 5.07. The predicted molar refractivity (Wildman–Crippen MR) is 128 cm³/mol. The van der Waals surface area contributed by atoms with E-state index in [1.54, 1.807) is 0 Å². The van der Waals surface area contributed by atoms with E-state index in [9.17, 15) is 0 Å². The normalized spacial score (nSPS) is 28.7. The Morgan fingerprint density at radius 3 is 0.667 bits per heavy atom. The van der Waals surface area contributed by atoms with Gasteiger partial charge in [-0.2, -0.15) is 0 Å². The smallest absolute Gasteiger partial charge is 0.109 e. The molecule has 2 atom stereocenters. The fraction of sp³-hybridized carbons (Fsp3) is 1.00. The number of ether oxygens (including phenoxy) is 12. The Bertz CT molecular complexity index is 419. The van der Waals surface area contributed by atoms with Crippen LogP contribution in [0.5, 0.6) is 0 Å². The topological polar surface area (TPSA) is 111 Å². The second-order valence-corrected chi connectivity index (χ2v) is 7.87. The van der Waals surface area contributed by atoms with Crippen molar-refractivity contribution in [1.29, 1.82) is 0 Å². The van der Waals surface area contributed by atoms with Crippen molar-refractivity contribution in [2.24, 2.45) is 0 Å². The molecule has 2 aliphatic rings. The largest absolute Gasteiger partial charge is 0.377 e. The van der Waals surface area contributed by atoms with Crippen LogP contribution in [0.3, 0.4) is 0 Å². The van der Waals surface area contributed by atoms with Gasteiger partial charge < -0.3 is 56.8 Å². The summed E-state index contributed by atoms with van der Waals surface area (Å²) in [6, 6.07) is 0. The van der Waals surface area contributed by atoms with Crippen LogP contribution in [0.25, 0.3) is 0 Å². The average Bonchev–Trinajstić information content (AvgIpc) is 2.88. The fourth-order valence-corrected chi connectivity index (χ4v) is 3.20. The van der Waals surface area contributed by atoms with E-state index in [0.717, 1.165) is 0 Å². The molecule has 0 N–H and O–H groups in total. The van der Waals surface area contributed by atoms with Crippen molar-refractivity contribution in [3.63, 3.8) is 0 Å². The van der Waals surface area contributed by atoms with Gasteiger partial charge in [-0.1, -0.05) is 0 Å². The van der Waals surface area contributed by atoms with E-state index in [1.807, 2.05) is 0 Å². The summed E-state index contributed by atoms with van der Waals surface area (Å²) in [7, 11) is 0. The lowest BCUT2D eigenvalue weighted by Gasteiger charge is -2.27. The minimum atomic E-state index is -0.352. The molecule has 12 heteroatoms. The van der Waals surface area contributed by atoms with Crippen LogP contribution in [0.4, 0.5) is 0 Å². The van der Waals surface area contributed by atoms with Crippen molar-refractivity contribution >= 4 is 0 Å². The average molecular weight is 527 g/mol. The quantitative estimate of drug-likeness (QED) is 0.422. The van der Waals surface area contributed by atoms with Crippen molar-refractivity contribution < 1.29 is 56.8 Å². The zero-order chi connectivity index (χ0) is 25.2. The molecule has 0 aromatic carbocycles. The first kappa shape index (κ1) is 31.7. The molecular weight excluding hydrogens is 480 g/mol. The highest BCUT2D eigenvalue weighted by atomic mass is 16.6. The summed E-state index contributed by atoms with van der Waals surface area (Å²) >= 11 is 0. The minimum Gasteiger partial charge on any atom is -0.377 e. The van der Waals surface area contributed by atoms with E-state index in [1.165, 1.54) is 0 Å². The highest BCUT2D eigenvalue weighted by Crippen LogP contribution is 2.08. The molecule has 0 aromatic rings. The first-order chi connectivity index (χ1) is 18.0. The molecule has 0 radical (unpaired) electrons. The lowest BCUT2D eigenvalue weighted by Crippen LogP contribution is -2.41. The van der Waals surface area contributed by atoms with E-state index >= 15 is 0 Å². The van der Waals surface area contributed by atoms with Gasteiger partial charge in [0.1, 0.15) is 12.2 Å². The number of rotatable bonds is 0. The summed E-state index contributed by atoms with van der Waals surface area (Å²) in [6.07, 6.45) is -0.703. The van der Waals surface area contributed by atoms with E-state index < -0.39 is 0 Å². The van der Waals surface area contributed by atoms with Crippen LogP contribution in [-0.2, 0) is 56.8 Å². The maximum atomic E-state index is 6.10. The highest BCUT2D eigenvalue weighted by molar-refractivity contribution is 4.71. The zero-order valence-corrected chi connectivity index (χ0v) is 21.6. The van der Waals surface area contributed by atoms with Gasteiger partial charge in [-0.15, -0.1) is 0 Å². The van der Waals surface area contributed by atoms with Gasteiger partial charge in [-0.25, -0.2) is 0 Å². The Morgan fingerprint density at radius 2 is 0.417 bits per heavy atom. The van der Waals surface area contributed by atoms with Gasteiger partial charge >= 0.3 is 0 Å². The summed E-state index contributed by atoms with van der Waals surface area (Å²) in [5.74, 6) is 0. The molecule has 0 bridgehead atoms. The van der Waals surface area contributed by atoms with Crippen molar-refractivity contribution in [1.82, 2.24) is 0 Å². The molecule has 2 saturated heterocycles. The molecule has 36 heavy (non-hydrogen) atoms. The monoisotopic (exact) mass is 526 g/mol. The van der Waals surface area contributed by atoms with Crippen molar-refractivity contribution in [3.8, 4) is 0 Å². The van der Waals surface area contributed by atoms with Gasteiger partial charge in [0.2, 0.25) is 0 Å². The van der Waals surface area contributed by atoms with Crippen LogP contribution in [0.1, 0.15) is 0 Å². The molecule has 2 unspecified atom stereocenters. The molecule has 0 aliphatic carbocycles. The number of hydrogen-bond donors (Lipinski definition) is 0. The van der Waals surface area contributed by atoms with Crippen molar-refractivity contribution in [2.75, 3.05) is 145 Å². The molecule has 214 valence electrons. The van der Waals surface area contributed by atoms with Crippen LogP contribution in [0.2, 0.25) is 0 Å². The third kappa shape index (κ3) is 18.7. The van der Waals surface area contributed by atoms with Gasteiger partial charge in [0.15, 0.2) is 0 Å². The molecule has 2 rings (SSSR count). The first-order valence-corrected chi connectivity index (χ1v) is 13.0. The predicted octanol–water partition coefficient (Wildman–Crippen LogP) is -0.0500. The molecule has 2 aliphatic heterocycles. The molecule has 2 heterocycles. The van der Waals surface area contributed by atoms with Gasteiger partial charge in [0.25, 0.3) is 0 Å². The standard InChI is InChI=1S/C24H46O12/c1-2-26-6-8-30-14-16-34-22-24-23(21-33-15-13-29-7-5-25-1)35-19-17-31-11-9-27-3-4-28-10-12-32-18-20-36-24/h23-24H,1-22H2. The van der Waals surface area contributed by atoms with E-state index in [0.29, 0.717) is 145 Å². The van der Waals surface area contributed by atoms with Crippen LogP contribution >= 0.6 is 0 Å². The molecule has 2 fully saturated rings. The minimum absolute atomic E-state index is 0.333. The van der Waals surface area contributed by atoms with Crippen LogP contribution in [0.15, 0.2) is 0 Å². The highest BCUT2D eigenvalue weighted by Gasteiger charge is 2.24. The Kier molecular flexibility index (Phi) is 21.9. The van der Waals surface area contributed by atoms with E-state index in [4.69, 9.17) is 56.8 Å². The molecule has 0 saturated carbocycles. The van der Waals surface area contributed by atoms with E-state index in [-0.39, 0.29) is 12.2 Å². The Morgan fingerprint density at radius 1 is 0.222 bits per heavy atom. The first-order valence-electron chi connectivity index (χ1n) is 13.0. The lowest BCUT2D eigenvalue weighted by atomic mass is 10.2. The lowest BCUT2D eigenvalue weighted by molar-refractivity contribution is -0.144. The summed E-state index contributed by atoms with van der Waals surface area (Å²) in [4.78, 5) is 0. The SMILES string of the molecule is C1COCCOCCOCC2OCCOCCOCCOCCOCCOC2COCCOCCO1. The summed E-state index contributed by atoms with van der Waals surface area (Å²) in [6.45, 7) is 10.2. The van der Waals surface area contributed by atoms with Gasteiger partial charge in [-0.3, -0.25) is 0 Å². The second-order valence-electron chi connectivity index (χ2n) is 7.87. The summed E-state index contributed by atoms with van der Waals surface area (Å²) in [5, 5.41) is 0.